The fraction of sp³-hybridized carbons (Fsp3) is 0.308. The molecule has 0 aliphatic rings. The Bertz CT molecular complexity index is 751. The Morgan fingerprint density at radius 2 is 1.83 bits per heavy atom. The molecule has 130 valence electrons. The Kier molecular flexibility index (Phi) is 4.54. The molecular formula is C13H9F6N3O2. The van der Waals surface area contributed by atoms with Crippen molar-refractivity contribution in [3.63, 3.8) is 0 Å². The van der Waals surface area contributed by atoms with E-state index in [1.165, 1.54) is 0 Å². The van der Waals surface area contributed by atoms with Crippen molar-refractivity contribution in [1.29, 1.82) is 0 Å². The smallest absolute Gasteiger partial charge is 0.352 e. The highest BCUT2D eigenvalue weighted by molar-refractivity contribution is 5.73. The van der Waals surface area contributed by atoms with Crippen LogP contribution in [-0.4, -0.2) is 16.0 Å². The molecule has 0 saturated carbocycles. The maximum atomic E-state index is 13.1. The maximum absolute atomic E-state index is 13.1. The van der Waals surface area contributed by atoms with Gasteiger partial charge in [0, 0.05) is 19.0 Å². The molecule has 0 spiro atoms. The molecule has 0 fully saturated rings. The van der Waals surface area contributed by atoms with Gasteiger partial charge in [-0.3, -0.25) is 4.79 Å². The van der Waals surface area contributed by atoms with Crippen molar-refractivity contribution in [3.05, 3.63) is 35.2 Å². The molecule has 5 nitrogen and oxygen atoms in total. The van der Waals surface area contributed by atoms with Crippen molar-refractivity contribution in [3.8, 4) is 11.4 Å². The molecule has 1 N–H and O–H groups in total. The summed E-state index contributed by atoms with van der Waals surface area (Å²) < 4.78 is 80.5. The number of halogens is 6. The van der Waals surface area contributed by atoms with Crippen molar-refractivity contribution < 1.29 is 35.7 Å². The minimum atomic E-state index is -4.90. The lowest BCUT2D eigenvalue weighted by atomic mass is 10.0. The third-order valence-electron chi connectivity index (χ3n) is 2.87. The number of amides is 1. The number of aromatic nitrogens is 2. The first-order valence-electron chi connectivity index (χ1n) is 6.34. The van der Waals surface area contributed by atoms with Crippen molar-refractivity contribution >= 4 is 5.91 Å². The molecular weight excluding hydrogens is 344 g/mol. The maximum Gasteiger partial charge on any atom is 0.471 e. The van der Waals surface area contributed by atoms with Gasteiger partial charge in [-0.1, -0.05) is 17.3 Å². The number of nitrogens with one attached hydrogen (secondary N) is 1. The minimum absolute atomic E-state index is 0.249. The second-order valence-corrected chi connectivity index (χ2v) is 4.70. The number of nitrogens with zero attached hydrogens (tertiary/aromatic N) is 2. The molecule has 0 bridgehead atoms. The van der Waals surface area contributed by atoms with Crippen LogP contribution in [-0.2, 0) is 23.7 Å². The SMILES string of the molecule is CC(=O)NCc1ccc(-c2noc(C(F)(F)F)n2)cc1C(F)(F)F. The summed E-state index contributed by atoms with van der Waals surface area (Å²) >= 11 is 0. The lowest BCUT2D eigenvalue weighted by molar-refractivity contribution is -0.159. The molecule has 0 radical (unpaired) electrons. The van der Waals surface area contributed by atoms with Gasteiger partial charge < -0.3 is 9.84 Å². The van der Waals surface area contributed by atoms with Gasteiger partial charge in [0.25, 0.3) is 0 Å². The average molecular weight is 353 g/mol. The molecule has 0 atom stereocenters. The van der Waals surface area contributed by atoms with Crippen LogP contribution in [0.3, 0.4) is 0 Å². The molecule has 1 aromatic carbocycles. The normalized spacial score (nSPS) is 12.3. The standard InChI is InChI=1S/C13H9F6N3O2/c1-6(23)20-5-8-3-2-7(4-9(8)12(14,15)16)10-21-11(24-22-10)13(17,18)19/h2-4H,5H2,1H3,(H,20,23). The zero-order valence-electron chi connectivity index (χ0n) is 11.9. The number of rotatable bonds is 3. The summed E-state index contributed by atoms with van der Waals surface area (Å²) in [6, 6.07) is 2.73. The van der Waals surface area contributed by atoms with Crippen LogP contribution < -0.4 is 5.32 Å². The van der Waals surface area contributed by atoms with Crippen LogP contribution in [0.5, 0.6) is 0 Å². The number of carbonyl (C=O) groups excluding carboxylic acids is 1. The second-order valence-electron chi connectivity index (χ2n) is 4.70. The lowest BCUT2D eigenvalue weighted by Crippen LogP contribution is -2.21. The highest BCUT2D eigenvalue weighted by Crippen LogP contribution is 2.35. The van der Waals surface area contributed by atoms with Crippen LogP contribution >= 0.6 is 0 Å². The first-order chi connectivity index (χ1) is 11.0. The van der Waals surface area contributed by atoms with E-state index in [4.69, 9.17) is 0 Å². The van der Waals surface area contributed by atoms with E-state index in [-0.39, 0.29) is 17.7 Å². The molecule has 1 aromatic heterocycles. The van der Waals surface area contributed by atoms with Crippen molar-refractivity contribution in [1.82, 2.24) is 15.5 Å². The summed E-state index contributed by atoms with van der Waals surface area (Å²) in [5.41, 5.74) is -1.67. The largest absolute Gasteiger partial charge is 0.471 e. The van der Waals surface area contributed by atoms with Gasteiger partial charge in [-0.05, 0) is 11.6 Å². The number of carbonyl (C=O) groups is 1. The lowest BCUT2D eigenvalue weighted by Gasteiger charge is -2.14. The summed E-state index contributed by atoms with van der Waals surface area (Å²) in [6.07, 6.45) is -9.68. The van der Waals surface area contributed by atoms with Crippen LogP contribution in [0.2, 0.25) is 0 Å². The summed E-state index contributed by atoms with van der Waals surface area (Å²) in [7, 11) is 0. The first kappa shape index (κ1) is 17.8. The van der Waals surface area contributed by atoms with E-state index in [1.54, 1.807) is 0 Å². The molecule has 0 aliphatic heterocycles. The molecule has 24 heavy (non-hydrogen) atoms. The van der Waals surface area contributed by atoms with Crippen LogP contribution in [0.25, 0.3) is 11.4 Å². The van der Waals surface area contributed by atoms with Gasteiger partial charge in [0.15, 0.2) is 0 Å². The Balaban J connectivity index is 2.42. The second kappa shape index (κ2) is 6.13. The number of alkyl halides is 6. The van der Waals surface area contributed by atoms with Gasteiger partial charge in [-0.2, -0.15) is 31.3 Å². The van der Waals surface area contributed by atoms with Crippen LogP contribution in [0.1, 0.15) is 23.9 Å². The van der Waals surface area contributed by atoms with Gasteiger partial charge in [-0.25, -0.2) is 0 Å². The summed E-state index contributed by atoms with van der Waals surface area (Å²) in [6.45, 7) is 0.754. The highest BCUT2D eigenvalue weighted by atomic mass is 19.4. The van der Waals surface area contributed by atoms with Gasteiger partial charge >= 0.3 is 18.2 Å². The third kappa shape index (κ3) is 4.03. The summed E-state index contributed by atoms with van der Waals surface area (Å²) in [5, 5.41) is 5.26. The van der Waals surface area contributed by atoms with Gasteiger partial charge in [0.2, 0.25) is 11.7 Å². The van der Waals surface area contributed by atoms with Crippen LogP contribution in [0, 0.1) is 0 Å². The Hall–Kier alpha value is -2.59. The van der Waals surface area contributed by atoms with E-state index in [0.717, 1.165) is 19.1 Å². The molecule has 11 heteroatoms. The summed E-state index contributed by atoms with van der Waals surface area (Å²) in [5.74, 6) is -2.81. The molecule has 0 unspecified atom stereocenters. The predicted molar refractivity (Wildman–Crippen MR) is 67.3 cm³/mol. The molecule has 0 aliphatic carbocycles. The third-order valence-corrected chi connectivity index (χ3v) is 2.87. The van der Waals surface area contributed by atoms with Crippen LogP contribution in [0.4, 0.5) is 26.3 Å². The first-order valence-corrected chi connectivity index (χ1v) is 6.34. The van der Waals surface area contributed by atoms with Gasteiger partial charge in [0.05, 0.1) is 5.56 Å². The number of hydrogen-bond acceptors (Lipinski definition) is 4. The topological polar surface area (TPSA) is 68.0 Å². The Morgan fingerprint density at radius 1 is 1.17 bits per heavy atom. The van der Waals surface area contributed by atoms with Crippen molar-refractivity contribution in [2.45, 2.75) is 25.8 Å². The minimum Gasteiger partial charge on any atom is -0.352 e. The molecule has 2 rings (SSSR count). The van der Waals surface area contributed by atoms with Crippen LogP contribution in [0.15, 0.2) is 22.7 Å². The Labute approximate surface area is 130 Å². The van der Waals surface area contributed by atoms with E-state index in [0.29, 0.717) is 6.07 Å². The fourth-order valence-electron chi connectivity index (χ4n) is 1.81. The van der Waals surface area contributed by atoms with Gasteiger partial charge in [-0.15, -0.1) is 0 Å². The number of benzene rings is 1. The quantitative estimate of drug-likeness (QED) is 0.859. The Morgan fingerprint density at radius 3 is 2.33 bits per heavy atom. The van der Waals surface area contributed by atoms with E-state index in [9.17, 15) is 31.1 Å². The molecule has 1 heterocycles. The van der Waals surface area contributed by atoms with E-state index in [2.05, 4.69) is 20.0 Å². The highest BCUT2D eigenvalue weighted by Gasteiger charge is 2.39. The monoisotopic (exact) mass is 353 g/mol. The van der Waals surface area contributed by atoms with Crippen molar-refractivity contribution in [2.24, 2.45) is 0 Å². The average Bonchev–Trinajstić information content (AvgIpc) is 2.93. The zero-order valence-corrected chi connectivity index (χ0v) is 11.9. The predicted octanol–water partition coefficient (Wildman–Crippen LogP) is 3.41. The van der Waals surface area contributed by atoms with E-state index >= 15 is 0 Å². The summed E-state index contributed by atoms with van der Waals surface area (Å²) in [4.78, 5) is 13.9. The van der Waals surface area contributed by atoms with Gasteiger partial charge in [0.1, 0.15) is 0 Å². The van der Waals surface area contributed by atoms with E-state index < -0.39 is 35.5 Å². The molecule has 1 amide bonds. The molecule has 2 aromatic rings. The van der Waals surface area contributed by atoms with E-state index in [1.807, 2.05) is 0 Å². The van der Waals surface area contributed by atoms with Crippen molar-refractivity contribution in [2.75, 3.05) is 0 Å². The fourth-order valence-corrected chi connectivity index (χ4v) is 1.81. The molecule has 0 saturated heterocycles. The number of hydrogen-bond donors (Lipinski definition) is 1. The zero-order chi connectivity index (χ0) is 18.1.